The van der Waals surface area contributed by atoms with Gasteiger partial charge in [0.1, 0.15) is 6.04 Å². The Morgan fingerprint density at radius 1 is 1.28 bits per heavy atom. The van der Waals surface area contributed by atoms with Crippen molar-refractivity contribution in [1.29, 1.82) is 0 Å². The van der Waals surface area contributed by atoms with Crippen molar-refractivity contribution in [2.75, 3.05) is 0 Å². The summed E-state index contributed by atoms with van der Waals surface area (Å²) in [6, 6.07) is 7.65. The van der Waals surface area contributed by atoms with Crippen LogP contribution in [0.1, 0.15) is 48.7 Å². The normalized spacial score (nSPS) is 17.8. The first-order chi connectivity index (χ1) is 11.9. The second-order valence-electron chi connectivity index (χ2n) is 6.58. The molecule has 1 aromatic heterocycles. The van der Waals surface area contributed by atoms with E-state index in [-0.39, 0.29) is 30.7 Å². The number of nitrogens with zero attached hydrogens (tertiary/aromatic N) is 3. The third kappa shape index (κ3) is 3.87. The fourth-order valence-corrected chi connectivity index (χ4v) is 3.24. The van der Waals surface area contributed by atoms with Gasteiger partial charge in [0, 0.05) is 32.7 Å². The number of aromatic nitrogens is 2. The summed E-state index contributed by atoms with van der Waals surface area (Å²) in [7, 11) is 0. The van der Waals surface area contributed by atoms with Gasteiger partial charge >= 0.3 is 5.97 Å². The Morgan fingerprint density at radius 2 is 2.00 bits per heavy atom. The first-order valence-corrected chi connectivity index (χ1v) is 8.32. The second-order valence-corrected chi connectivity index (χ2v) is 6.58. The van der Waals surface area contributed by atoms with E-state index in [9.17, 15) is 9.59 Å². The first kappa shape index (κ1) is 17.1. The van der Waals surface area contributed by atoms with Gasteiger partial charge in [0.15, 0.2) is 0 Å². The van der Waals surface area contributed by atoms with Crippen molar-refractivity contribution in [3.8, 4) is 0 Å². The van der Waals surface area contributed by atoms with Crippen LogP contribution in [0.5, 0.6) is 0 Å². The van der Waals surface area contributed by atoms with E-state index >= 15 is 0 Å². The molecule has 25 heavy (non-hydrogen) atoms. The third-order valence-corrected chi connectivity index (χ3v) is 4.44. The molecule has 0 aliphatic carbocycles. The summed E-state index contributed by atoms with van der Waals surface area (Å²) in [5.41, 5.74) is 2.25. The average Bonchev–Trinajstić information content (AvgIpc) is 2.99. The number of carboxylic acid groups (broad SMARTS) is 1. The van der Waals surface area contributed by atoms with Crippen molar-refractivity contribution in [2.24, 2.45) is 5.92 Å². The molecule has 132 valence electrons. The van der Waals surface area contributed by atoms with Crippen molar-refractivity contribution >= 4 is 11.9 Å². The average molecular weight is 343 g/mol. The molecule has 2 atom stereocenters. The minimum atomic E-state index is -0.895. The van der Waals surface area contributed by atoms with Crippen LogP contribution in [0.15, 0.2) is 28.7 Å². The predicted molar refractivity (Wildman–Crippen MR) is 88.5 cm³/mol. The molecule has 1 amide bonds. The van der Waals surface area contributed by atoms with E-state index in [0.29, 0.717) is 24.7 Å². The number of hydrogen-bond donors (Lipinski definition) is 1. The highest BCUT2D eigenvalue weighted by atomic mass is 16.4. The molecular weight excluding hydrogens is 322 g/mol. The van der Waals surface area contributed by atoms with E-state index in [1.54, 1.807) is 18.7 Å². The van der Waals surface area contributed by atoms with E-state index < -0.39 is 5.97 Å². The lowest BCUT2D eigenvalue weighted by atomic mass is 9.92. The highest BCUT2D eigenvalue weighted by Gasteiger charge is 2.34. The number of rotatable bonds is 5. The van der Waals surface area contributed by atoms with Crippen LogP contribution in [0.2, 0.25) is 0 Å². The van der Waals surface area contributed by atoms with Crippen LogP contribution in [0.3, 0.4) is 0 Å². The number of carbonyl (C=O) groups is 2. The summed E-state index contributed by atoms with van der Waals surface area (Å²) in [5.74, 6) is -0.337. The lowest BCUT2D eigenvalue weighted by Crippen LogP contribution is -2.39. The number of fused-ring (bicyclic) bond motifs is 1. The number of hydrogen-bond acceptors (Lipinski definition) is 5. The fourth-order valence-electron chi connectivity index (χ4n) is 3.24. The predicted octanol–water partition coefficient (Wildman–Crippen LogP) is 2.50. The molecule has 3 rings (SSSR count). The number of benzene rings is 1. The summed E-state index contributed by atoms with van der Waals surface area (Å²) in [4.78, 5) is 25.4. The van der Waals surface area contributed by atoms with Crippen LogP contribution in [0.25, 0.3) is 0 Å². The Bertz CT molecular complexity index is 786. The van der Waals surface area contributed by atoms with E-state index in [2.05, 4.69) is 10.2 Å². The van der Waals surface area contributed by atoms with Gasteiger partial charge in [-0.05, 0) is 17.0 Å². The standard InChI is InChI=1S/C18H21N3O4/c1-11(8-17(23)24)7-16(22)21-10-14-6-4-3-5-13(14)9-15(21)18-20-19-12(2)25-18/h3-6,11,15H,7-10H2,1-2H3,(H,23,24). The highest BCUT2D eigenvalue weighted by molar-refractivity contribution is 5.78. The lowest BCUT2D eigenvalue weighted by Gasteiger charge is -2.35. The Balaban J connectivity index is 1.85. The smallest absolute Gasteiger partial charge is 0.303 e. The summed E-state index contributed by atoms with van der Waals surface area (Å²) >= 11 is 0. The van der Waals surface area contributed by atoms with Gasteiger partial charge in [0.05, 0.1) is 0 Å². The van der Waals surface area contributed by atoms with Gasteiger partial charge in [-0.2, -0.15) is 0 Å². The van der Waals surface area contributed by atoms with Crippen molar-refractivity contribution in [2.45, 2.75) is 45.7 Å². The quantitative estimate of drug-likeness (QED) is 0.896. The van der Waals surface area contributed by atoms with Gasteiger partial charge in [-0.25, -0.2) is 0 Å². The molecular formula is C18H21N3O4. The molecule has 2 unspecified atom stereocenters. The Kier molecular flexibility index (Phi) is 4.83. The van der Waals surface area contributed by atoms with E-state index in [1.165, 1.54) is 0 Å². The minimum absolute atomic E-state index is 0.0273. The van der Waals surface area contributed by atoms with Crippen LogP contribution >= 0.6 is 0 Å². The van der Waals surface area contributed by atoms with Gasteiger partial charge in [-0.3, -0.25) is 9.59 Å². The zero-order chi connectivity index (χ0) is 18.0. The Morgan fingerprint density at radius 3 is 2.64 bits per heavy atom. The molecule has 0 spiro atoms. The van der Waals surface area contributed by atoms with Gasteiger partial charge in [0.25, 0.3) is 0 Å². The molecule has 0 radical (unpaired) electrons. The topological polar surface area (TPSA) is 96.5 Å². The van der Waals surface area contributed by atoms with Crippen LogP contribution in [0, 0.1) is 12.8 Å². The summed E-state index contributed by atoms with van der Waals surface area (Å²) in [5, 5.41) is 16.9. The van der Waals surface area contributed by atoms with E-state index in [4.69, 9.17) is 9.52 Å². The summed E-state index contributed by atoms with van der Waals surface area (Å²) in [6.45, 7) is 3.95. The SMILES string of the molecule is Cc1nnc(C2Cc3ccccc3CN2C(=O)CC(C)CC(=O)O)o1. The molecule has 0 saturated carbocycles. The van der Waals surface area contributed by atoms with Crippen LogP contribution in [0.4, 0.5) is 0 Å². The molecule has 7 heteroatoms. The van der Waals surface area contributed by atoms with Gasteiger partial charge < -0.3 is 14.4 Å². The molecule has 0 fully saturated rings. The van der Waals surface area contributed by atoms with E-state index in [0.717, 1.165) is 11.1 Å². The summed E-state index contributed by atoms with van der Waals surface area (Å²) < 4.78 is 5.58. The van der Waals surface area contributed by atoms with Crippen LogP contribution in [-0.2, 0) is 22.6 Å². The van der Waals surface area contributed by atoms with Crippen molar-refractivity contribution in [3.63, 3.8) is 0 Å². The van der Waals surface area contributed by atoms with Gasteiger partial charge in [0.2, 0.25) is 17.7 Å². The molecule has 2 aromatic rings. The number of aliphatic carboxylic acids is 1. The molecule has 0 saturated heterocycles. The lowest BCUT2D eigenvalue weighted by molar-refractivity contribution is -0.139. The zero-order valence-corrected chi connectivity index (χ0v) is 14.3. The molecule has 1 aliphatic rings. The highest BCUT2D eigenvalue weighted by Crippen LogP contribution is 2.33. The van der Waals surface area contributed by atoms with Crippen LogP contribution in [-0.4, -0.2) is 32.1 Å². The maximum Gasteiger partial charge on any atom is 0.303 e. The van der Waals surface area contributed by atoms with Crippen LogP contribution < -0.4 is 0 Å². The van der Waals surface area contributed by atoms with Crippen molar-refractivity contribution in [3.05, 3.63) is 47.2 Å². The monoisotopic (exact) mass is 343 g/mol. The van der Waals surface area contributed by atoms with Gasteiger partial charge in [-0.1, -0.05) is 31.2 Å². The maximum atomic E-state index is 12.8. The van der Waals surface area contributed by atoms with Crippen molar-refractivity contribution < 1.29 is 19.1 Å². The molecule has 2 heterocycles. The molecule has 1 N–H and O–H groups in total. The fraction of sp³-hybridized carbons (Fsp3) is 0.444. The second kappa shape index (κ2) is 7.04. The summed E-state index contributed by atoms with van der Waals surface area (Å²) in [6.07, 6.45) is 0.759. The molecule has 1 aromatic carbocycles. The Hall–Kier alpha value is -2.70. The van der Waals surface area contributed by atoms with E-state index in [1.807, 2.05) is 24.3 Å². The molecule has 1 aliphatic heterocycles. The largest absolute Gasteiger partial charge is 0.481 e. The Labute approximate surface area is 145 Å². The maximum absolute atomic E-state index is 12.8. The van der Waals surface area contributed by atoms with Gasteiger partial charge in [-0.15, -0.1) is 10.2 Å². The first-order valence-electron chi connectivity index (χ1n) is 8.32. The minimum Gasteiger partial charge on any atom is -0.481 e. The molecule has 7 nitrogen and oxygen atoms in total. The number of carboxylic acids is 1. The van der Waals surface area contributed by atoms with Crippen molar-refractivity contribution in [1.82, 2.24) is 15.1 Å². The zero-order valence-electron chi connectivity index (χ0n) is 14.3. The molecule has 0 bridgehead atoms. The number of aryl methyl sites for hydroxylation is 1. The number of carbonyl (C=O) groups excluding carboxylic acids is 1. The number of amides is 1. The third-order valence-electron chi connectivity index (χ3n) is 4.44.